The summed E-state index contributed by atoms with van der Waals surface area (Å²) in [6, 6.07) is 0.648. The molecule has 2 atom stereocenters. The van der Waals surface area contributed by atoms with Crippen LogP contribution in [0.25, 0.3) is 0 Å². The average Bonchev–Trinajstić information content (AvgIpc) is 2.26. The molecule has 0 rings (SSSR count). The second-order valence-corrected chi connectivity index (χ2v) is 4.86. The lowest BCUT2D eigenvalue weighted by Crippen LogP contribution is -2.39. The van der Waals surface area contributed by atoms with E-state index in [4.69, 9.17) is 0 Å². The molecule has 0 spiro atoms. The molecule has 0 aromatic heterocycles. The van der Waals surface area contributed by atoms with Crippen molar-refractivity contribution in [1.82, 2.24) is 10.6 Å². The van der Waals surface area contributed by atoms with E-state index >= 15 is 0 Å². The quantitative estimate of drug-likeness (QED) is 0.618. The van der Waals surface area contributed by atoms with Crippen molar-refractivity contribution in [3.8, 4) is 0 Å². The van der Waals surface area contributed by atoms with Crippen LogP contribution in [-0.2, 0) is 4.79 Å². The number of hydrogen-bond donors (Lipinski definition) is 2. The molecule has 0 aromatic carbocycles. The van der Waals surface area contributed by atoms with Crippen LogP contribution in [0.3, 0.4) is 0 Å². The van der Waals surface area contributed by atoms with Gasteiger partial charge in [-0.3, -0.25) is 4.79 Å². The molecular formula is C14H30N2O. The van der Waals surface area contributed by atoms with Crippen LogP contribution in [0.4, 0.5) is 0 Å². The topological polar surface area (TPSA) is 41.1 Å². The summed E-state index contributed by atoms with van der Waals surface area (Å²) in [4.78, 5) is 11.8. The van der Waals surface area contributed by atoms with E-state index in [0.29, 0.717) is 12.5 Å². The minimum Gasteiger partial charge on any atom is -0.353 e. The smallest absolute Gasteiger partial charge is 0.221 e. The van der Waals surface area contributed by atoms with E-state index in [2.05, 4.69) is 38.3 Å². The predicted molar refractivity (Wildman–Crippen MR) is 74.1 cm³/mol. The van der Waals surface area contributed by atoms with Crippen LogP contribution in [0, 0.1) is 0 Å². The SMILES string of the molecule is CCCCC(CCC)NC(=O)CC(C)NCC. The van der Waals surface area contributed by atoms with Crippen LogP contribution in [0.15, 0.2) is 0 Å². The molecule has 1 amide bonds. The van der Waals surface area contributed by atoms with E-state index < -0.39 is 0 Å². The lowest BCUT2D eigenvalue weighted by molar-refractivity contribution is -0.122. The van der Waals surface area contributed by atoms with Gasteiger partial charge in [0.1, 0.15) is 0 Å². The molecule has 2 N–H and O–H groups in total. The highest BCUT2D eigenvalue weighted by atomic mass is 16.1. The highest BCUT2D eigenvalue weighted by Crippen LogP contribution is 2.07. The Labute approximate surface area is 107 Å². The number of rotatable bonds is 10. The van der Waals surface area contributed by atoms with E-state index in [1.54, 1.807) is 0 Å². The van der Waals surface area contributed by atoms with Gasteiger partial charge in [-0.25, -0.2) is 0 Å². The number of carbonyl (C=O) groups is 1. The molecule has 3 nitrogen and oxygen atoms in total. The third-order valence-electron chi connectivity index (χ3n) is 2.95. The van der Waals surface area contributed by atoms with Gasteiger partial charge in [-0.1, -0.05) is 40.0 Å². The average molecular weight is 242 g/mol. The Bertz CT molecular complexity index is 195. The zero-order valence-electron chi connectivity index (χ0n) is 12.0. The van der Waals surface area contributed by atoms with Gasteiger partial charge < -0.3 is 10.6 Å². The maximum absolute atomic E-state index is 11.8. The standard InChI is InChI=1S/C14H30N2O/c1-5-8-10-13(9-6-2)16-14(17)11-12(4)15-7-3/h12-13,15H,5-11H2,1-4H3,(H,16,17). The molecule has 17 heavy (non-hydrogen) atoms. The summed E-state index contributed by atoms with van der Waals surface area (Å²) in [7, 11) is 0. The number of amides is 1. The fourth-order valence-electron chi connectivity index (χ4n) is 2.07. The molecule has 2 unspecified atom stereocenters. The molecule has 0 aliphatic rings. The van der Waals surface area contributed by atoms with Gasteiger partial charge in [-0.2, -0.15) is 0 Å². The normalized spacial score (nSPS) is 14.4. The first kappa shape index (κ1) is 16.4. The lowest BCUT2D eigenvalue weighted by Gasteiger charge is -2.19. The fourth-order valence-corrected chi connectivity index (χ4v) is 2.07. The van der Waals surface area contributed by atoms with Crippen LogP contribution in [0.5, 0.6) is 0 Å². The van der Waals surface area contributed by atoms with Gasteiger partial charge in [0.2, 0.25) is 5.91 Å². The Hall–Kier alpha value is -0.570. The van der Waals surface area contributed by atoms with Crippen molar-refractivity contribution in [1.29, 1.82) is 0 Å². The Kier molecular flexibility index (Phi) is 10.2. The maximum Gasteiger partial charge on any atom is 0.221 e. The summed E-state index contributed by atoms with van der Waals surface area (Å²) >= 11 is 0. The molecule has 3 heteroatoms. The van der Waals surface area contributed by atoms with Crippen LogP contribution in [-0.4, -0.2) is 24.5 Å². The van der Waals surface area contributed by atoms with E-state index in [9.17, 15) is 4.79 Å². The molecule has 0 aromatic rings. The highest BCUT2D eigenvalue weighted by Gasteiger charge is 2.13. The largest absolute Gasteiger partial charge is 0.353 e. The third kappa shape index (κ3) is 9.16. The minimum absolute atomic E-state index is 0.188. The fraction of sp³-hybridized carbons (Fsp3) is 0.929. The van der Waals surface area contributed by atoms with Crippen molar-refractivity contribution >= 4 is 5.91 Å². The number of carbonyl (C=O) groups excluding carboxylic acids is 1. The van der Waals surface area contributed by atoms with Gasteiger partial charge in [-0.05, 0) is 26.3 Å². The summed E-state index contributed by atoms with van der Waals surface area (Å²) in [5.41, 5.74) is 0. The van der Waals surface area contributed by atoms with E-state index in [1.165, 1.54) is 12.8 Å². The lowest BCUT2D eigenvalue weighted by atomic mass is 10.0. The van der Waals surface area contributed by atoms with Gasteiger partial charge in [0.05, 0.1) is 0 Å². The van der Waals surface area contributed by atoms with Crippen LogP contribution in [0.2, 0.25) is 0 Å². The molecule has 102 valence electrons. The minimum atomic E-state index is 0.188. The van der Waals surface area contributed by atoms with E-state index in [-0.39, 0.29) is 11.9 Å². The van der Waals surface area contributed by atoms with Crippen LogP contribution >= 0.6 is 0 Å². The zero-order valence-corrected chi connectivity index (χ0v) is 12.0. The third-order valence-corrected chi connectivity index (χ3v) is 2.95. The second-order valence-electron chi connectivity index (χ2n) is 4.86. The van der Waals surface area contributed by atoms with Crippen molar-refractivity contribution < 1.29 is 4.79 Å². The molecule has 0 saturated heterocycles. The Morgan fingerprint density at radius 2 is 1.82 bits per heavy atom. The van der Waals surface area contributed by atoms with Gasteiger partial charge in [0.15, 0.2) is 0 Å². The summed E-state index contributed by atoms with van der Waals surface area (Å²) < 4.78 is 0. The molecular weight excluding hydrogens is 212 g/mol. The zero-order chi connectivity index (χ0) is 13.1. The van der Waals surface area contributed by atoms with Crippen molar-refractivity contribution in [2.24, 2.45) is 0 Å². The highest BCUT2D eigenvalue weighted by molar-refractivity contribution is 5.76. The second kappa shape index (κ2) is 10.6. The Morgan fingerprint density at radius 3 is 2.35 bits per heavy atom. The molecule has 0 aliphatic carbocycles. The van der Waals surface area contributed by atoms with Gasteiger partial charge in [0.25, 0.3) is 0 Å². The summed E-state index contributed by atoms with van der Waals surface area (Å²) in [5.74, 6) is 0.188. The van der Waals surface area contributed by atoms with Gasteiger partial charge >= 0.3 is 0 Å². The molecule has 0 radical (unpaired) electrons. The summed E-state index contributed by atoms with van der Waals surface area (Å²) in [6.07, 6.45) is 6.34. The van der Waals surface area contributed by atoms with E-state index in [1.807, 2.05) is 0 Å². The Balaban J connectivity index is 3.93. The van der Waals surface area contributed by atoms with Crippen molar-refractivity contribution in [3.63, 3.8) is 0 Å². The first-order chi connectivity index (χ1) is 8.13. The van der Waals surface area contributed by atoms with Crippen molar-refractivity contribution in [3.05, 3.63) is 0 Å². The molecule has 0 fully saturated rings. The Morgan fingerprint density at radius 1 is 1.12 bits per heavy atom. The molecule has 0 saturated carbocycles. The van der Waals surface area contributed by atoms with E-state index in [0.717, 1.165) is 25.8 Å². The molecule has 0 bridgehead atoms. The summed E-state index contributed by atoms with van der Waals surface area (Å²) in [5, 5.41) is 6.43. The number of nitrogens with one attached hydrogen (secondary N) is 2. The summed E-state index contributed by atoms with van der Waals surface area (Å²) in [6.45, 7) is 9.41. The monoisotopic (exact) mass is 242 g/mol. The first-order valence-electron chi connectivity index (χ1n) is 7.16. The maximum atomic E-state index is 11.8. The van der Waals surface area contributed by atoms with Gasteiger partial charge in [-0.15, -0.1) is 0 Å². The molecule has 0 heterocycles. The number of hydrogen-bond acceptors (Lipinski definition) is 2. The van der Waals surface area contributed by atoms with Gasteiger partial charge in [0, 0.05) is 18.5 Å². The predicted octanol–water partition coefficient (Wildman–Crippen LogP) is 2.85. The molecule has 0 aliphatic heterocycles. The van der Waals surface area contributed by atoms with Crippen molar-refractivity contribution in [2.45, 2.75) is 78.3 Å². The van der Waals surface area contributed by atoms with Crippen LogP contribution in [0.1, 0.15) is 66.2 Å². The van der Waals surface area contributed by atoms with Crippen molar-refractivity contribution in [2.75, 3.05) is 6.54 Å². The number of unbranched alkanes of at least 4 members (excludes halogenated alkanes) is 1. The van der Waals surface area contributed by atoms with Crippen LogP contribution < -0.4 is 10.6 Å². The first-order valence-corrected chi connectivity index (χ1v) is 7.16.